The molecule has 0 saturated carbocycles. The third-order valence-corrected chi connectivity index (χ3v) is 4.21. The Morgan fingerprint density at radius 1 is 1.12 bits per heavy atom. The van der Waals surface area contributed by atoms with E-state index in [0.29, 0.717) is 13.2 Å². The van der Waals surface area contributed by atoms with Crippen LogP contribution in [0, 0.1) is 6.92 Å². The molecule has 0 fully saturated rings. The number of para-hydroxylation sites is 2. The van der Waals surface area contributed by atoms with E-state index in [9.17, 15) is 4.79 Å². The molecule has 2 aromatic carbocycles. The van der Waals surface area contributed by atoms with Crippen LogP contribution in [-0.4, -0.2) is 24.6 Å². The van der Waals surface area contributed by atoms with E-state index in [1.54, 1.807) is 0 Å². The number of rotatable bonds is 5. The van der Waals surface area contributed by atoms with Gasteiger partial charge in [0.05, 0.1) is 18.0 Å². The maximum absolute atomic E-state index is 12.7. The number of benzene rings is 2. The van der Waals surface area contributed by atoms with Crippen LogP contribution in [-0.2, 0) is 4.79 Å². The van der Waals surface area contributed by atoms with Gasteiger partial charge in [0.1, 0.15) is 11.3 Å². The number of aryl methyl sites for hydroxylation is 1. The molecule has 0 bridgehead atoms. The molecule has 4 heteroatoms. The molecule has 24 heavy (non-hydrogen) atoms. The molecule has 1 amide bonds. The summed E-state index contributed by atoms with van der Waals surface area (Å²) < 4.78 is 5.80. The molecule has 1 aliphatic heterocycles. The molecular weight excluding hydrogens is 300 g/mol. The molecule has 0 aromatic heterocycles. The number of carbonyl (C=O) groups is 1. The lowest BCUT2D eigenvalue weighted by Gasteiger charge is -2.40. The number of hydrogen-bond donors (Lipinski definition) is 1. The van der Waals surface area contributed by atoms with E-state index in [1.165, 1.54) is 5.56 Å². The van der Waals surface area contributed by atoms with E-state index < -0.39 is 5.54 Å². The zero-order valence-corrected chi connectivity index (χ0v) is 14.5. The van der Waals surface area contributed by atoms with Crippen LogP contribution in [0.25, 0.3) is 0 Å². The van der Waals surface area contributed by atoms with Gasteiger partial charge in [-0.1, -0.05) is 24.3 Å². The van der Waals surface area contributed by atoms with Gasteiger partial charge in [-0.3, -0.25) is 4.79 Å². The van der Waals surface area contributed by atoms with Crippen molar-refractivity contribution in [1.29, 1.82) is 0 Å². The fraction of sp³-hybridized carbons (Fsp3) is 0.350. The number of nitrogens with zero attached hydrogens (tertiary/aromatic N) is 1. The van der Waals surface area contributed by atoms with Gasteiger partial charge in [0.25, 0.3) is 5.91 Å². The minimum absolute atomic E-state index is 0.0942. The standard InChI is InChI=1S/C20H24N2O2/c1-15-8-6-9-16(14-15)24-13-7-12-22-18-11-5-4-10-17(18)21-20(2,3)19(22)23/h4-6,8-11,14,21H,7,12-13H2,1-3H3. The van der Waals surface area contributed by atoms with Crippen LogP contribution in [0.15, 0.2) is 48.5 Å². The van der Waals surface area contributed by atoms with Crippen LogP contribution < -0.4 is 15.0 Å². The quantitative estimate of drug-likeness (QED) is 0.845. The van der Waals surface area contributed by atoms with Gasteiger partial charge in [0.2, 0.25) is 0 Å². The fourth-order valence-corrected chi connectivity index (χ4v) is 2.99. The predicted molar refractivity (Wildman–Crippen MR) is 97.8 cm³/mol. The van der Waals surface area contributed by atoms with Gasteiger partial charge in [-0.05, 0) is 57.0 Å². The molecule has 2 aromatic rings. The summed E-state index contributed by atoms with van der Waals surface area (Å²) in [5, 5.41) is 3.32. The molecule has 0 radical (unpaired) electrons. The molecule has 0 saturated heterocycles. The monoisotopic (exact) mass is 324 g/mol. The van der Waals surface area contributed by atoms with Gasteiger partial charge < -0.3 is 15.0 Å². The normalized spacial score (nSPS) is 15.6. The first-order valence-electron chi connectivity index (χ1n) is 8.36. The zero-order valence-electron chi connectivity index (χ0n) is 14.5. The van der Waals surface area contributed by atoms with Gasteiger partial charge in [-0.2, -0.15) is 0 Å². The lowest BCUT2D eigenvalue weighted by Crippen LogP contribution is -2.54. The molecule has 1 aliphatic rings. The molecule has 3 rings (SSSR count). The Hall–Kier alpha value is -2.49. The molecule has 0 aliphatic carbocycles. The van der Waals surface area contributed by atoms with Crippen LogP contribution in [0.4, 0.5) is 11.4 Å². The number of fused-ring (bicyclic) bond motifs is 1. The van der Waals surface area contributed by atoms with Crippen molar-refractivity contribution in [2.24, 2.45) is 0 Å². The zero-order chi connectivity index (χ0) is 17.2. The Morgan fingerprint density at radius 2 is 1.92 bits per heavy atom. The van der Waals surface area contributed by atoms with Crippen molar-refractivity contribution in [3.63, 3.8) is 0 Å². The largest absolute Gasteiger partial charge is 0.494 e. The smallest absolute Gasteiger partial charge is 0.252 e. The third-order valence-electron chi connectivity index (χ3n) is 4.21. The summed E-state index contributed by atoms with van der Waals surface area (Å²) in [7, 11) is 0. The van der Waals surface area contributed by atoms with E-state index in [0.717, 1.165) is 23.5 Å². The maximum atomic E-state index is 12.7. The van der Waals surface area contributed by atoms with Crippen LogP contribution in [0.2, 0.25) is 0 Å². The first-order chi connectivity index (χ1) is 11.5. The first kappa shape index (κ1) is 16.4. The van der Waals surface area contributed by atoms with E-state index >= 15 is 0 Å². The highest BCUT2D eigenvalue weighted by molar-refractivity contribution is 6.07. The second-order valence-electron chi connectivity index (χ2n) is 6.74. The van der Waals surface area contributed by atoms with Gasteiger partial charge in [0.15, 0.2) is 0 Å². The van der Waals surface area contributed by atoms with E-state index in [1.807, 2.05) is 74.2 Å². The minimum Gasteiger partial charge on any atom is -0.494 e. The summed E-state index contributed by atoms with van der Waals surface area (Å²) in [6, 6.07) is 16.0. The molecule has 1 heterocycles. The predicted octanol–water partition coefficient (Wildman–Crippen LogP) is 4.00. The van der Waals surface area contributed by atoms with Gasteiger partial charge in [0, 0.05) is 6.54 Å². The summed E-state index contributed by atoms with van der Waals surface area (Å²) in [6.45, 7) is 7.12. The molecule has 0 unspecified atom stereocenters. The SMILES string of the molecule is Cc1cccc(OCCCN2C(=O)C(C)(C)Nc3ccccc32)c1. The Balaban J connectivity index is 1.64. The van der Waals surface area contributed by atoms with Crippen LogP contribution >= 0.6 is 0 Å². The highest BCUT2D eigenvalue weighted by Crippen LogP contribution is 2.34. The molecule has 4 nitrogen and oxygen atoms in total. The maximum Gasteiger partial charge on any atom is 0.252 e. The lowest BCUT2D eigenvalue weighted by atomic mass is 9.98. The Bertz CT molecular complexity index is 740. The van der Waals surface area contributed by atoms with Crippen molar-refractivity contribution in [3.05, 3.63) is 54.1 Å². The third kappa shape index (κ3) is 3.37. The average molecular weight is 324 g/mol. The molecule has 1 N–H and O–H groups in total. The molecule has 0 spiro atoms. The summed E-state index contributed by atoms with van der Waals surface area (Å²) in [6.07, 6.45) is 0.782. The Labute approximate surface area is 143 Å². The highest BCUT2D eigenvalue weighted by Gasteiger charge is 2.37. The summed E-state index contributed by atoms with van der Waals surface area (Å²) in [5.74, 6) is 0.971. The van der Waals surface area contributed by atoms with Crippen molar-refractivity contribution in [3.8, 4) is 5.75 Å². The van der Waals surface area contributed by atoms with E-state index in [2.05, 4.69) is 5.32 Å². The van der Waals surface area contributed by atoms with Gasteiger partial charge in [-0.15, -0.1) is 0 Å². The van der Waals surface area contributed by atoms with Crippen molar-refractivity contribution in [1.82, 2.24) is 0 Å². The minimum atomic E-state index is -0.592. The number of amides is 1. The summed E-state index contributed by atoms with van der Waals surface area (Å²) >= 11 is 0. The van der Waals surface area contributed by atoms with Crippen molar-refractivity contribution < 1.29 is 9.53 Å². The van der Waals surface area contributed by atoms with Gasteiger partial charge in [-0.25, -0.2) is 0 Å². The van der Waals surface area contributed by atoms with Gasteiger partial charge >= 0.3 is 0 Å². The Kier molecular flexibility index (Phi) is 4.47. The van der Waals surface area contributed by atoms with Crippen LogP contribution in [0.3, 0.4) is 0 Å². The van der Waals surface area contributed by atoms with Crippen molar-refractivity contribution >= 4 is 17.3 Å². The lowest BCUT2D eigenvalue weighted by molar-refractivity contribution is -0.122. The van der Waals surface area contributed by atoms with Crippen molar-refractivity contribution in [2.45, 2.75) is 32.7 Å². The first-order valence-corrected chi connectivity index (χ1v) is 8.36. The number of nitrogens with one attached hydrogen (secondary N) is 1. The van der Waals surface area contributed by atoms with E-state index in [-0.39, 0.29) is 5.91 Å². The second kappa shape index (κ2) is 6.56. The molecular formula is C20H24N2O2. The summed E-state index contributed by atoms with van der Waals surface area (Å²) in [5.41, 5.74) is 2.53. The average Bonchev–Trinajstić information content (AvgIpc) is 2.54. The number of hydrogen-bond acceptors (Lipinski definition) is 3. The highest BCUT2D eigenvalue weighted by atomic mass is 16.5. The summed E-state index contributed by atoms with van der Waals surface area (Å²) in [4.78, 5) is 14.6. The molecule has 126 valence electrons. The van der Waals surface area contributed by atoms with Crippen LogP contribution in [0.1, 0.15) is 25.8 Å². The fourth-order valence-electron chi connectivity index (χ4n) is 2.99. The van der Waals surface area contributed by atoms with Crippen LogP contribution in [0.5, 0.6) is 5.75 Å². The molecule has 0 atom stereocenters. The number of ether oxygens (including phenoxy) is 1. The van der Waals surface area contributed by atoms with E-state index in [4.69, 9.17) is 4.74 Å². The van der Waals surface area contributed by atoms with Crippen molar-refractivity contribution in [2.75, 3.05) is 23.4 Å². The number of anilines is 2. The Morgan fingerprint density at radius 3 is 2.71 bits per heavy atom. The second-order valence-corrected chi connectivity index (χ2v) is 6.74. The number of carbonyl (C=O) groups excluding carboxylic acids is 1. The topological polar surface area (TPSA) is 41.6 Å².